The van der Waals surface area contributed by atoms with Crippen molar-refractivity contribution in [2.24, 2.45) is 0 Å². The van der Waals surface area contributed by atoms with Crippen LogP contribution in [0.1, 0.15) is 16.0 Å². The van der Waals surface area contributed by atoms with Gasteiger partial charge in [-0.1, -0.05) is 44.0 Å². The lowest BCUT2D eigenvalue weighted by atomic mass is 10.0. The molecule has 4 heteroatoms. The van der Waals surface area contributed by atoms with Gasteiger partial charge >= 0.3 is 0 Å². The highest BCUT2D eigenvalue weighted by atomic mass is 79.9. The lowest BCUT2D eigenvalue weighted by Crippen LogP contribution is -1.97. The summed E-state index contributed by atoms with van der Waals surface area (Å²) >= 11 is 7.19. The first-order chi connectivity index (χ1) is 9.62. The molecule has 0 fully saturated rings. The minimum absolute atomic E-state index is 0.215. The van der Waals surface area contributed by atoms with Crippen LogP contribution in [0.4, 0.5) is 0 Å². The van der Waals surface area contributed by atoms with E-state index in [4.69, 9.17) is 9.47 Å². The lowest BCUT2D eigenvalue weighted by Gasteiger charge is -2.13. The molecule has 106 valence electrons. The molecule has 0 aliphatic carbocycles. The molecule has 1 unspecified atom stereocenters. The fourth-order valence-corrected chi connectivity index (χ4v) is 2.86. The van der Waals surface area contributed by atoms with Crippen LogP contribution in [0.5, 0.6) is 11.5 Å². The van der Waals surface area contributed by atoms with Crippen molar-refractivity contribution in [1.29, 1.82) is 0 Å². The number of methoxy groups -OCH3 is 2. The van der Waals surface area contributed by atoms with Crippen molar-refractivity contribution in [3.63, 3.8) is 0 Å². The van der Waals surface area contributed by atoms with Crippen LogP contribution in [0.15, 0.2) is 46.9 Å². The van der Waals surface area contributed by atoms with Gasteiger partial charge in [0.15, 0.2) is 0 Å². The summed E-state index contributed by atoms with van der Waals surface area (Å²) in [6.07, 6.45) is 0.906. The summed E-state index contributed by atoms with van der Waals surface area (Å²) in [6, 6.07) is 14.3. The molecule has 0 aliphatic heterocycles. The van der Waals surface area contributed by atoms with E-state index in [0.717, 1.165) is 28.0 Å². The zero-order valence-electron chi connectivity index (χ0n) is 11.4. The van der Waals surface area contributed by atoms with Gasteiger partial charge in [-0.15, -0.1) is 0 Å². The third-order valence-corrected chi connectivity index (χ3v) is 4.44. The van der Waals surface area contributed by atoms with Crippen LogP contribution in [0.3, 0.4) is 0 Å². The Morgan fingerprint density at radius 1 is 0.950 bits per heavy atom. The summed E-state index contributed by atoms with van der Waals surface area (Å²) in [6.45, 7) is 0. The van der Waals surface area contributed by atoms with Gasteiger partial charge in [0.25, 0.3) is 0 Å². The Bertz CT molecular complexity index is 545. The van der Waals surface area contributed by atoms with Gasteiger partial charge in [0.1, 0.15) is 11.5 Å². The Kier molecular flexibility index (Phi) is 5.49. The second-order valence-electron chi connectivity index (χ2n) is 4.44. The van der Waals surface area contributed by atoms with Gasteiger partial charge in [-0.3, -0.25) is 0 Å². The predicted molar refractivity (Wildman–Crippen MR) is 89.1 cm³/mol. The van der Waals surface area contributed by atoms with Gasteiger partial charge in [0.2, 0.25) is 0 Å². The molecule has 20 heavy (non-hydrogen) atoms. The molecule has 2 aromatic carbocycles. The first-order valence-electron chi connectivity index (χ1n) is 6.24. The summed E-state index contributed by atoms with van der Waals surface area (Å²) < 4.78 is 11.7. The summed E-state index contributed by atoms with van der Waals surface area (Å²) in [4.78, 5) is 0.215. The maximum atomic E-state index is 5.31. The van der Waals surface area contributed by atoms with E-state index in [0.29, 0.717) is 0 Å². The fraction of sp³-hybridized carbons (Fsp3) is 0.250. The number of rotatable bonds is 5. The topological polar surface area (TPSA) is 18.5 Å². The quantitative estimate of drug-likeness (QED) is 0.647. The standard InChI is InChI=1S/C16H16Br2O2/c1-19-14-8-12(9-15(10-14)20-2)16(18)7-11-3-5-13(17)6-4-11/h3-6,8-10,16H,7H2,1-2H3. The number of alkyl halides is 1. The average molecular weight is 400 g/mol. The Labute approximate surface area is 136 Å². The summed E-state index contributed by atoms with van der Waals surface area (Å²) in [5, 5.41) is 0. The summed E-state index contributed by atoms with van der Waals surface area (Å²) in [5.74, 6) is 1.61. The van der Waals surface area contributed by atoms with E-state index in [1.54, 1.807) is 14.2 Å². The van der Waals surface area contributed by atoms with Crippen molar-refractivity contribution in [3.8, 4) is 11.5 Å². The van der Waals surface area contributed by atoms with Crippen molar-refractivity contribution < 1.29 is 9.47 Å². The van der Waals surface area contributed by atoms with Crippen LogP contribution >= 0.6 is 31.9 Å². The number of halogens is 2. The maximum absolute atomic E-state index is 5.31. The Morgan fingerprint density at radius 2 is 1.50 bits per heavy atom. The van der Waals surface area contributed by atoms with Crippen LogP contribution in [0, 0.1) is 0 Å². The maximum Gasteiger partial charge on any atom is 0.122 e. The Balaban J connectivity index is 2.19. The largest absolute Gasteiger partial charge is 0.497 e. The molecule has 0 spiro atoms. The molecule has 2 rings (SSSR count). The predicted octanol–water partition coefficient (Wildman–Crippen LogP) is 5.15. The number of hydrogen-bond acceptors (Lipinski definition) is 2. The van der Waals surface area contributed by atoms with Crippen LogP contribution in [0.2, 0.25) is 0 Å². The minimum Gasteiger partial charge on any atom is -0.497 e. The van der Waals surface area contributed by atoms with Crippen molar-refractivity contribution in [3.05, 3.63) is 58.1 Å². The Hall–Kier alpha value is -1.00. The van der Waals surface area contributed by atoms with Crippen LogP contribution in [0.25, 0.3) is 0 Å². The zero-order valence-corrected chi connectivity index (χ0v) is 14.6. The van der Waals surface area contributed by atoms with Crippen molar-refractivity contribution in [2.75, 3.05) is 14.2 Å². The molecule has 0 radical (unpaired) electrons. The SMILES string of the molecule is COc1cc(OC)cc(C(Br)Cc2ccc(Br)cc2)c1. The van der Waals surface area contributed by atoms with E-state index in [2.05, 4.69) is 56.1 Å². The van der Waals surface area contributed by atoms with E-state index in [9.17, 15) is 0 Å². The third-order valence-electron chi connectivity index (χ3n) is 3.06. The average Bonchev–Trinajstić information content (AvgIpc) is 2.48. The highest BCUT2D eigenvalue weighted by Gasteiger charge is 2.11. The molecule has 0 heterocycles. The summed E-state index contributed by atoms with van der Waals surface area (Å²) in [5.41, 5.74) is 2.42. The molecule has 0 aliphatic rings. The van der Waals surface area contributed by atoms with E-state index in [-0.39, 0.29) is 4.83 Å². The van der Waals surface area contributed by atoms with E-state index < -0.39 is 0 Å². The van der Waals surface area contributed by atoms with Gasteiger partial charge < -0.3 is 9.47 Å². The van der Waals surface area contributed by atoms with Gasteiger partial charge in [0.05, 0.1) is 14.2 Å². The molecule has 1 atom stereocenters. The van der Waals surface area contributed by atoms with Gasteiger partial charge in [-0.05, 0) is 41.8 Å². The lowest BCUT2D eigenvalue weighted by molar-refractivity contribution is 0.393. The molecule has 2 nitrogen and oxygen atoms in total. The highest BCUT2D eigenvalue weighted by molar-refractivity contribution is 9.10. The third kappa shape index (κ3) is 4.00. The molecule has 0 N–H and O–H groups in total. The molecular formula is C16H16Br2O2. The molecule has 0 bridgehead atoms. The van der Waals surface area contributed by atoms with Crippen molar-refractivity contribution in [1.82, 2.24) is 0 Å². The Morgan fingerprint density at radius 3 is 2.00 bits per heavy atom. The van der Waals surface area contributed by atoms with E-state index in [1.165, 1.54) is 5.56 Å². The second-order valence-corrected chi connectivity index (χ2v) is 6.47. The second kappa shape index (κ2) is 7.14. The minimum atomic E-state index is 0.215. The number of hydrogen-bond donors (Lipinski definition) is 0. The monoisotopic (exact) mass is 398 g/mol. The summed E-state index contributed by atoms with van der Waals surface area (Å²) in [7, 11) is 3.33. The molecule has 2 aromatic rings. The molecule has 0 saturated heterocycles. The number of benzene rings is 2. The molecule has 0 aromatic heterocycles. The van der Waals surface area contributed by atoms with Crippen LogP contribution < -0.4 is 9.47 Å². The first kappa shape index (κ1) is 15.4. The van der Waals surface area contributed by atoms with Gasteiger partial charge in [-0.2, -0.15) is 0 Å². The molecule has 0 amide bonds. The van der Waals surface area contributed by atoms with Crippen molar-refractivity contribution in [2.45, 2.75) is 11.2 Å². The van der Waals surface area contributed by atoms with Crippen LogP contribution in [-0.2, 0) is 6.42 Å². The molecular weight excluding hydrogens is 384 g/mol. The normalized spacial score (nSPS) is 12.0. The fourth-order valence-electron chi connectivity index (χ4n) is 1.96. The van der Waals surface area contributed by atoms with E-state index >= 15 is 0 Å². The highest BCUT2D eigenvalue weighted by Crippen LogP contribution is 2.33. The van der Waals surface area contributed by atoms with Crippen LogP contribution in [-0.4, -0.2) is 14.2 Å². The van der Waals surface area contributed by atoms with Crippen molar-refractivity contribution >= 4 is 31.9 Å². The van der Waals surface area contributed by atoms with E-state index in [1.807, 2.05) is 18.2 Å². The van der Waals surface area contributed by atoms with Gasteiger partial charge in [0, 0.05) is 15.4 Å². The molecule has 0 saturated carbocycles. The smallest absolute Gasteiger partial charge is 0.122 e. The first-order valence-corrected chi connectivity index (χ1v) is 7.94. The zero-order chi connectivity index (χ0) is 14.5. The van der Waals surface area contributed by atoms with Gasteiger partial charge in [-0.25, -0.2) is 0 Å². The number of ether oxygens (including phenoxy) is 2.